The Kier molecular flexibility index (Phi) is 3.06. The van der Waals surface area contributed by atoms with Crippen LogP contribution in [-0.2, 0) is 4.79 Å². The van der Waals surface area contributed by atoms with Crippen molar-refractivity contribution in [2.75, 3.05) is 18.6 Å². The van der Waals surface area contributed by atoms with Gasteiger partial charge >= 0.3 is 0 Å². The van der Waals surface area contributed by atoms with Crippen molar-refractivity contribution in [1.82, 2.24) is 9.97 Å². The maximum atomic E-state index is 11.6. The van der Waals surface area contributed by atoms with E-state index in [1.807, 2.05) is 0 Å². The minimum Gasteiger partial charge on any atom is -0.478 e. The predicted octanol–water partition coefficient (Wildman–Crippen LogP) is 0.312. The monoisotopic (exact) mass is 286 g/mol. The molecule has 0 radical (unpaired) electrons. The Bertz CT molecular complexity index is 426. The number of hydrogen-bond acceptors (Lipinski definition) is 5. The van der Waals surface area contributed by atoms with Crippen LogP contribution < -0.4 is 15.4 Å². The van der Waals surface area contributed by atoms with Crippen LogP contribution in [0, 0.1) is 0 Å². The average molecular weight is 287 g/mol. The number of anilines is 1. The molecule has 1 aliphatic heterocycles. The molecule has 2 N–H and O–H groups in total. The van der Waals surface area contributed by atoms with Crippen LogP contribution >= 0.6 is 15.9 Å². The summed E-state index contributed by atoms with van der Waals surface area (Å²) in [4.78, 5) is 21.4. The molecule has 1 atom stereocenters. The van der Waals surface area contributed by atoms with Crippen molar-refractivity contribution in [2.45, 2.75) is 12.5 Å². The Morgan fingerprint density at radius 1 is 1.69 bits per heavy atom. The highest BCUT2D eigenvalue weighted by molar-refractivity contribution is 9.10. The molecule has 0 spiro atoms. The lowest BCUT2D eigenvalue weighted by Crippen LogP contribution is -2.29. The second-order valence-corrected chi connectivity index (χ2v) is 4.31. The van der Waals surface area contributed by atoms with Gasteiger partial charge in [0.1, 0.15) is 4.60 Å². The average Bonchev–Trinajstić information content (AvgIpc) is 2.57. The molecular weight excluding hydrogens is 276 g/mol. The van der Waals surface area contributed by atoms with Crippen molar-refractivity contribution < 1.29 is 9.53 Å². The zero-order chi connectivity index (χ0) is 11.7. The third kappa shape index (κ3) is 2.00. The summed E-state index contributed by atoms with van der Waals surface area (Å²) in [6, 6.07) is -0.150. The summed E-state index contributed by atoms with van der Waals surface area (Å²) >= 11 is 3.19. The highest BCUT2D eigenvalue weighted by Gasteiger charge is 2.31. The predicted molar refractivity (Wildman–Crippen MR) is 61.2 cm³/mol. The lowest BCUT2D eigenvalue weighted by Gasteiger charge is -2.16. The van der Waals surface area contributed by atoms with Gasteiger partial charge < -0.3 is 10.5 Å². The molecule has 0 saturated carbocycles. The SMILES string of the molecule is COc1nc(Br)cnc1N1CC(N)CC1=O. The van der Waals surface area contributed by atoms with Gasteiger partial charge in [0.05, 0.1) is 13.3 Å². The number of aromatic nitrogens is 2. The van der Waals surface area contributed by atoms with Crippen LogP contribution in [0.4, 0.5) is 5.82 Å². The number of carbonyl (C=O) groups is 1. The number of carbonyl (C=O) groups excluding carboxylic acids is 1. The molecule has 1 aromatic rings. The van der Waals surface area contributed by atoms with Crippen LogP contribution in [0.25, 0.3) is 0 Å². The normalized spacial score (nSPS) is 20.3. The van der Waals surface area contributed by atoms with Gasteiger partial charge in [-0.05, 0) is 15.9 Å². The fraction of sp³-hybridized carbons (Fsp3) is 0.444. The van der Waals surface area contributed by atoms with Gasteiger partial charge in [0.15, 0.2) is 5.82 Å². The minimum atomic E-state index is -0.150. The van der Waals surface area contributed by atoms with E-state index in [2.05, 4.69) is 25.9 Å². The van der Waals surface area contributed by atoms with E-state index in [0.717, 1.165) is 0 Å². The largest absolute Gasteiger partial charge is 0.478 e. The summed E-state index contributed by atoms with van der Waals surface area (Å²) in [7, 11) is 1.49. The standard InChI is InChI=1S/C9H11BrN4O2/c1-16-9-8(12-3-6(10)13-9)14-4-5(11)2-7(14)15/h3,5H,2,4,11H2,1H3. The van der Waals surface area contributed by atoms with E-state index >= 15 is 0 Å². The van der Waals surface area contributed by atoms with E-state index in [4.69, 9.17) is 10.5 Å². The summed E-state index contributed by atoms with van der Waals surface area (Å²) < 4.78 is 5.64. The van der Waals surface area contributed by atoms with E-state index < -0.39 is 0 Å². The number of methoxy groups -OCH3 is 1. The van der Waals surface area contributed by atoms with Gasteiger partial charge in [-0.1, -0.05) is 0 Å². The minimum absolute atomic E-state index is 0.0533. The second kappa shape index (κ2) is 4.34. The number of halogens is 1. The third-order valence-corrected chi connectivity index (χ3v) is 2.68. The fourth-order valence-corrected chi connectivity index (χ4v) is 1.87. The van der Waals surface area contributed by atoms with Crippen molar-refractivity contribution >= 4 is 27.7 Å². The fourth-order valence-electron chi connectivity index (χ4n) is 1.61. The van der Waals surface area contributed by atoms with E-state index in [0.29, 0.717) is 29.3 Å². The maximum absolute atomic E-state index is 11.6. The quantitative estimate of drug-likeness (QED) is 0.846. The summed E-state index contributed by atoms with van der Waals surface area (Å²) in [5.74, 6) is 0.683. The molecule has 0 aromatic carbocycles. The van der Waals surface area contributed by atoms with E-state index in [9.17, 15) is 4.79 Å². The summed E-state index contributed by atoms with van der Waals surface area (Å²) in [6.07, 6.45) is 1.86. The van der Waals surface area contributed by atoms with Crippen molar-refractivity contribution in [2.24, 2.45) is 5.73 Å². The molecule has 7 heteroatoms. The topological polar surface area (TPSA) is 81.3 Å². The van der Waals surface area contributed by atoms with Crippen LogP contribution in [0.5, 0.6) is 5.88 Å². The zero-order valence-corrected chi connectivity index (χ0v) is 10.3. The molecule has 1 aromatic heterocycles. The van der Waals surface area contributed by atoms with E-state index in [1.54, 1.807) is 0 Å². The molecule has 1 unspecified atom stereocenters. The molecule has 16 heavy (non-hydrogen) atoms. The molecule has 2 rings (SSSR count). The molecule has 2 heterocycles. The first-order valence-electron chi connectivity index (χ1n) is 4.74. The van der Waals surface area contributed by atoms with Crippen molar-refractivity contribution in [1.29, 1.82) is 0 Å². The van der Waals surface area contributed by atoms with Gasteiger partial charge in [-0.3, -0.25) is 9.69 Å². The molecule has 0 bridgehead atoms. The molecule has 0 aliphatic carbocycles. The lowest BCUT2D eigenvalue weighted by molar-refractivity contribution is -0.117. The molecule has 86 valence electrons. The maximum Gasteiger partial charge on any atom is 0.258 e. The van der Waals surface area contributed by atoms with Crippen LogP contribution in [0.1, 0.15) is 6.42 Å². The number of rotatable bonds is 2. The number of ether oxygens (including phenoxy) is 1. The van der Waals surface area contributed by atoms with Crippen LogP contribution in [0.3, 0.4) is 0 Å². The first-order chi connectivity index (χ1) is 7.61. The van der Waals surface area contributed by atoms with Crippen molar-refractivity contribution in [3.05, 3.63) is 10.8 Å². The number of hydrogen-bond donors (Lipinski definition) is 1. The van der Waals surface area contributed by atoms with E-state index in [-0.39, 0.29) is 11.9 Å². The number of nitrogens with zero attached hydrogens (tertiary/aromatic N) is 3. The first kappa shape index (κ1) is 11.3. The number of amides is 1. The van der Waals surface area contributed by atoms with Crippen molar-refractivity contribution in [3.63, 3.8) is 0 Å². The van der Waals surface area contributed by atoms with Crippen LogP contribution in [0.15, 0.2) is 10.8 Å². The Balaban J connectivity index is 2.36. The Labute approximate surface area is 101 Å². The van der Waals surface area contributed by atoms with Gasteiger partial charge in [0.25, 0.3) is 5.88 Å². The zero-order valence-electron chi connectivity index (χ0n) is 8.68. The Hall–Kier alpha value is -1.21. The second-order valence-electron chi connectivity index (χ2n) is 3.49. The molecule has 1 aliphatic rings. The highest BCUT2D eigenvalue weighted by atomic mass is 79.9. The highest BCUT2D eigenvalue weighted by Crippen LogP contribution is 2.28. The van der Waals surface area contributed by atoms with Crippen molar-refractivity contribution in [3.8, 4) is 5.88 Å². The number of nitrogens with two attached hydrogens (primary N) is 1. The van der Waals surface area contributed by atoms with Gasteiger partial charge in [-0.25, -0.2) is 9.97 Å². The lowest BCUT2D eigenvalue weighted by atomic mass is 10.3. The van der Waals surface area contributed by atoms with E-state index in [1.165, 1.54) is 18.2 Å². The van der Waals surface area contributed by atoms with Crippen LogP contribution in [0.2, 0.25) is 0 Å². The molecule has 1 fully saturated rings. The molecule has 6 nitrogen and oxygen atoms in total. The molecule has 1 amide bonds. The van der Waals surface area contributed by atoms with Gasteiger partial charge in [0, 0.05) is 19.0 Å². The van der Waals surface area contributed by atoms with Gasteiger partial charge in [-0.15, -0.1) is 0 Å². The van der Waals surface area contributed by atoms with Crippen LogP contribution in [-0.4, -0.2) is 35.6 Å². The first-order valence-corrected chi connectivity index (χ1v) is 5.53. The summed E-state index contributed by atoms with van der Waals surface area (Å²) in [5.41, 5.74) is 5.71. The molecular formula is C9H11BrN4O2. The van der Waals surface area contributed by atoms with Gasteiger partial charge in [0.2, 0.25) is 5.91 Å². The smallest absolute Gasteiger partial charge is 0.258 e. The molecule has 1 saturated heterocycles. The summed E-state index contributed by atoms with van der Waals surface area (Å²) in [5, 5.41) is 0. The summed E-state index contributed by atoms with van der Waals surface area (Å²) in [6.45, 7) is 0.450. The third-order valence-electron chi connectivity index (χ3n) is 2.30. The van der Waals surface area contributed by atoms with Gasteiger partial charge in [-0.2, -0.15) is 0 Å². The Morgan fingerprint density at radius 2 is 2.44 bits per heavy atom. The Morgan fingerprint density at radius 3 is 3.00 bits per heavy atom.